The lowest BCUT2D eigenvalue weighted by Gasteiger charge is -2.11. The number of ether oxygens (including phenoxy) is 3. The average molecular weight is 477 g/mol. The van der Waals surface area contributed by atoms with E-state index in [0.29, 0.717) is 22.9 Å². The molecule has 0 bridgehead atoms. The third-order valence-corrected chi connectivity index (χ3v) is 5.23. The Morgan fingerprint density at radius 1 is 0.743 bits per heavy atom. The van der Waals surface area contributed by atoms with Crippen LogP contribution < -0.4 is 20.1 Å². The number of methoxy groups -OCH3 is 1. The van der Waals surface area contributed by atoms with E-state index in [2.05, 4.69) is 10.6 Å². The van der Waals surface area contributed by atoms with E-state index in [1.165, 1.54) is 0 Å². The molecule has 3 rings (SSSR count). The number of amides is 2. The molecule has 2 amide bonds. The maximum absolute atomic E-state index is 12.2. The Morgan fingerprint density at radius 2 is 1.37 bits per heavy atom. The summed E-state index contributed by atoms with van der Waals surface area (Å²) in [5.74, 6) is 0.595. The molecule has 0 aliphatic heterocycles. The number of hydrogen-bond donors (Lipinski definition) is 2. The second-order valence-electron chi connectivity index (χ2n) is 7.81. The molecule has 0 atom stereocenters. The minimum absolute atomic E-state index is 0.0679. The van der Waals surface area contributed by atoms with Crippen LogP contribution in [0.5, 0.6) is 17.2 Å². The van der Waals surface area contributed by atoms with E-state index < -0.39 is 18.5 Å². The highest BCUT2D eigenvalue weighted by Gasteiger charge is 2.12. The molecule has 8 heteroatoms. The second-order valence-corrected chi connectivity index (χ2v) is 7.81. The van der Waals surface area contributed by atoms with E-state index in [0.717, 1.165) is 16.9 Å². The highest BCUT2D eigenvalue weighted by Crippen LogP contribution is 2.25. The predicted octanol–water partition coefficient (Wildman–Crippen LogP) is 5.00. The summed E-state index contributed by atoms with van der Waals surface area (Å²) in [5, 5.41) is 5.43. The zero-order valence-electron chi connectivity index (χ0n) is 19.9. The maximum Gasteiger partial charge on any atom is 0.306 e. The number of rotatable bonds is 10. The number of carbonyl (C=O) groups excluding carboxylic acids is 3. The van der Waals surface area contributed by atoms with Crippen molar-refractivity contribution in [1.82, 2.24) is 0 Å². The van der Waals surface area contributed by atoms with Crippen molar-refractivity contribution in [3.8, 4) is 17.2 Å². The Balaban J connectivity index is 1.37. The Hall–Kier alpha value is -4.33. The first-order chi connectivity index (χ1) is 16.8. The molecule has 8 nitrogen and oxygen atoms in total. The molecule has 0 saturated heterocycles. The van der Waals surface area contributed by atoms with Crippen molar-refractivity contribution >= 4 is 29.2 Å². The number of carbonyl (C=O) groups is 3. The van der Waals surface area contributed by atoms with Gasteiger partial charge in [0, 0.05) is 17.8 Å². The molecule has 3 aromatic rings. The summed E-state index contributed by atoms with van der Waals surface area (Å²) in [7, 11) is 1.60. The highest BCUT2D eigenvalue weighted by atomic mass is 16.5. The summed E-state index contributed by atoms with van der Waals surface area (Å²) < 4.78 is 15.8. The van der Waals surface area contributed by atoms with Crippen LogP contribution in [0.3, 0.4) is 0 Å². The molecule has 3 aromatic carbocycles. The fourth-order valence-electron chi connectivity index (χ4n) is 3.12. The molecule has 0 heterocycles. The van der Waals surface area contributed by atoms with E-state index in [1.807, 2.05) is 26.0 Å². The summed E-state index contributed by atoms with van der Waals surface area (Å²) in [5.41, 5.74) is 3.23. The van der Waals surface area contributed by atoms with Crippen LogP contribution in [0.1, 0.15) is 24.0 Å². The zero-order chi connectivity index (χ0) is 25.2. The van der Waals surface area contributed by atoms with Gasteiger partial charge in [0.2, 0.25) is 5.91 Å². The number of benzene rings is 3. The van der Waals surface area contributed by atoms with Gasteiger partial charge in [-0.15, -0.1) is 0 Å². The summed E-state index contributed by atoms with van der Waals surface area (Å²) in [6, 6.07) is 19.6. The van der Waals surface area contributed by atoms with Crippen molar-refractivity contribution in [1.29, 1.82) is 0 Å². The third kappa shape index (κ3) is 7.89. The third-order valence-electron chi connectivity index (χ3n) is 5.23. The molecule has 0 aromatic heterocycles. The van der Waals surface area contributed by atoms with Crippen molar-refractivity contribution in [2.75, 3.05) is 24.4 Å². The lowest BCUT2D eigenvalue weighted by Crippen LogP contribution is -2.22. The van der Waals surface area contributed by atoms with Crippen molar-refractivity contribution in [3.05, 3.63) is 77.9 Å². The number of aryl methyl sites for hydroxylation is 1. The van der Waals surface area contributed by atoms with Crippen LogP contribution in [0.25, 0.3) is 0 Å². The predicted molar refractivity (Wildman–Crippen MR) is 133 cm³/mol. The Labute approximate surface area is 204 Å². The van der Waals surface area contributed by atoms with E-state index in [4.69, 9.17) is 14.2 Å². The topological polar surface area (TPSA) is 103 Å². The van der Waals surface area contributed by atoms with Gasteiger partial charge in [0.25, 0.3) is 5.91 Å². The maximum atomic E-state index is 12.2. The summed E-state index contributed by atoms with van der Waals surface area (Å²) in [6.45, 7) is 3.43. The molecule has 0 unspecified atom stereocenters. The monoisotopic (exact) mass is 476 g/mol. The Bertz CT molecular complexity index is 1170. The molecule has 2 N–H and O–H groups in total. The first-order valence-electron chi connectivity index (χ1n) is 11.1. The van der Waals surface area contributed by atoms with Gasteiger partial charge in [-0.05, 0) is 79.6 Å². The summed E-state index contributed by atoms with van der Waals surface area (Å²) in [6.07, 6.45) is -0.206. The van der Waals surface area contributed by atoms with Gasteiger partial charge >= 0.3 is 5.97 Å². The van der Waals surface area contributed by atoms with Crippen LogP contribution in [-0.4, -0.2) is 31.5 Å². The van der Waals surface area contributed by atoms with Gasteiger partial charge in [0.05, 0.1) is 13.5 Å². The van der Waals surface area contributed by atoms with Gasteiger partial charge in [-0.3, -0.25) is 14.4 Å². The van der Waals surface area contributed by atoms with Crippen molar-refractivity contribution < 1.29 is 28.6 Å². The average Bonchev–Trinajstić information content (AvgIpc) is 2.86. The number of nitrogens with one attached hydrogen (secondary N) is 2. The van der Waals surface area contributed by atoms with Crippen molar-refractivity contribution in [2.45, 2.75) is 26.7 Å². The molecule has 0 fully saturated rings. The Morgan fingerprint density at radius 3 is 2.03 bits per heavy atom. The lowest BCUT2D eigenvalue weighted by atomic mass is 10.1. The standard InChI is InChI=1S/C27H28N2O6/c1-18-5-4-6-24(19(18)2)29-26(31)17-34-27(32)16-15-25(30)28-20-7-9-22(10-8-20)35-23-13-11-21(33-3)12-14-23/h4-14H,15-17H2,1-3H3,(H,28,30)(H,29,31). The van der Waals surface area contributed by atoms with Gasteiger partial charge in [-0.2, -0.15) is 0 Å². The van der Waals surface area contributed by atoms with Crippen LogP contribution in [0.15, 0.2) is 66.7 Å². The number of hydrogen-bond acceptors (Lipinski definition) is 6. The Kier molecular flexibility index (Phi) is 8.83. The van der Waals surface area contributed by atoms with E-state index >= 15 is 0 Å². The highest BCUT2D eigenvalue weighted by molar-refractivity contribution is 5.95. The smallest absolute Gasteiger partial charge is 0.306 e. The minimum Gasteiger partial charge on any atom is -0.497 e. The van der Waals surface area contributed by atoms with Gasteiger partial charge < -0.3 is 24.8 Å². The van der Waals surface area contributed by atoms with Crippen LogP contribution in [0.4, 0.5) is 11.4 Å². The fourth-order valence-corrected chi connectivity index (χ4v) is 3.12. The quantitative estimate of drug-likeness (QED) is 0.399. The van der Waals surface area contributed by atoms with Gasteiger partial charge in [0.15, 0.2) is 6.61 Å². The number of esters is 1. The second kappa shape index (κ2) is 12.2. The van der Waals surface area contributed by atoms with Crippen molar-refractivity contribution in [3.63, 3.8) is 0 Å². The van der Waals surface area contributed by atoms with Crippen LogP contribution in [-0.2, 0) is 19.1 Å². The SMILES string of the molecule is COc1ccc(Oc2ccc(NC(=O)CCC(=O)OCC(=O)Nc3cccc(C)c3C)cc2)cc1. The molecule has 182 valence electrons. The van der Waals surface area contributed by atoms with Crippen LogP contribution >= 0.6 is 0 Å². The first-order valence-corrected chi connectivity index (χ1v) is 11.1. The number of anilines is 2. The largest absolute Gasteiger partial charge is 0.497 e. The molecule has 0 spiro atoms. The lowest BCUT2D eigenvalue weighted by molar-refractivity contribution is -0.147. The first kappa shape index (κ1) is 25.3. The summed E-state index contributed by atoms with van der Waals surface area (Å²) in [4.78, 5) is 36.1. The normalized spacial score (nSPS) is 10.3. The molecular weight excluding hydrogens is 448 g/mol. The zero-order valence-corrected chi connectivity index (χ0v) is 19.9. The molecule has 0 radical (unpaired) electrons. The fraction of sp³-hybridized carbons (Fsp3) is 0.222. The van der Waals surface area contributed by atoms with E-state index in [1.54, 1.807) is 61.7 Å². The minimum atomic E-state index is -0.625. The van der Waals surface area contributed by atoms with Gasteiger partial charge in [-0.1, -0.05) is 12.1 Å². The van der Waals surface area contributed by atoms with E-state index in [9.17, 15) is 14.4 Å². The van der Waals surface area contributed by atoms with Gasteiger partial charge in [0.1, 0.15) is 17.2 Å². The molecule has 35 heavy (non-hydrogen) atoms. The molecular formula is C27H28N2O6. The van der Waals surface area contributed by atoms with Gasteiger partial charge in [-0.25, -0.2) is 0 Å². The van der Waals surface area contributed by atoms with E-state index in [-0.39, 0.29) is 18.7 Å². The van der Waals surface area contributed by atoms with Crippen molar-refractivity contribution in [2.24, 2.45) is 0 Å². The van der Waals surface area contributed by atoms with Crippen LogP contribution in [0.2, 0.25) is 0 Å². The molecule has 0 saturated carbocycles. The van der Waals surface area contributed by atoms with Crippen LogP contribution in [0, 0.1) is 13.8 Å². The molecule has 0 aliphatic carbocycles. The summed E-state index contributed by atoms with van der Waals surface area (Å²) >= 11 is 0. The molecule has 0 aliphatic rings.